The minimum absolute atomic E-state index is 0.212. The van der Waals surface area contributed by atoms with E-state index in [1.807, 2.05) is 25.9 Å². The van der Waals surface area contributed by atoms with Gasteiger partial charge >= 0.3 is 0 Å². The lowest BCUT2D eigenvalue weighted by Gasteiger charge is -2.27. The molecule has 0 spiro atoms. The average molecular weight is 217 g/mol. The highest BCUT2D eigenvalue weighted by molar-refractivity contribution is 5.81. The monoisotopic (exact) mass is 217 g/mol. The van der Waals surface area contributed by atoms with Crippen molar-refractivity contribution in [2.24, 2.45) is 5.73 Å². The van der Waals surface area contributed by atoms with Gasteiger partial charge in [0, 0.05) is 13.1 Å². The fraction of sp³-hybridized carbons (Fsp3) is 0.900. The molecule has 1 amide bonds. The summed E-state index contributed by atoms with van der Waals surface area (Å²) in [5.74, 6) is -0.212. The molecule has 5 nitrogen and oxygen atoms in total. The van der Waals surface area contributed by atoms with Gasteiger partial charge < -0.3 is 21.1 Å². The summed E-state index contributed by atoms with van der Waals surface area (Å²) in [6.07, 6.45) is 0.599. The first-order chi connectivity index (χ1) is 6.78. The van der Waals surface area contributed by atoms with E-state index in [1.54, 1.807) is 6.92 Å². The lowest BCUT2D eigenvalue weighted by molar-refractivity contribution is -0.123. The minimum atomic E-state index is -0.924. The molecule has 0 fully saturated rings. The highest BCUT2D eigenvalue weighted by atomic mass is 16.3. The van der Waals surface area contributed by atoms with Crippen molar-refractivity contribution in [2.75, 3.05) is 27.2 Å². The van der Waals surface area contributed by atoms with Crippen LogP contribution in [0, 0.1) is 0 Å². The van der Waals surface area contributed by atoms with Crippen molar-refractivity contribution < 1.29 is 9.90 Å². The number of aliphatic hydroxyl groups is 1. The van der Waals surface area contributed by atoms with E-state index in [2.05, 4.69) is 5.32 Å². The van der Waals surface area contributed by atoms with Gasteiger partial charge in [-0.2, -0.15) is 0 Å². The molecule has 0 aliphatic heterocycles. The molecule has 2 unspecified atom stereocenters. The lowest BCUT2D eigenvalue weighted by atomic mass is 10.1. The predicted octanol–water partition coefficient (Wildman–Crippen LogP) is -0.847. The Balaban J connectivity index is 3.98. The molecule has 0 aliphatic carbocycles. The molecule has 0 aliphatic rings. The van der Waals surface area contributed by atoms with Crippen LogP contribution < -0.4 is 11.1 Å². The van der Waals surface area contributed by atoms with Crippen LogP contribution in [0.1, 0.15) is 20.3 Å². The van der Waals surface area contributed by atoms with Crippen molar-refractivity contribution in [1.29, 1.82) is 0 Å². The first-order valence-electron chi connectivity index (χ1n) is 5.19. The number of nitrogens with two attached hydrogens (primary N) is 1. The molecule has 15 heavy (non-hydrogen) atoms. The fourth-order valence-corrected chi connectivity index (χ4v) is 1.33. The van der Waals surface area contributed by atoms with Crippen LogP contribution >= 0.6 is 0 Å². The minimum Gasteiger partial charge on any atom is -0.387 e. The van der Waals surface area contributed by atoms with Crippen LogP contribution in [-0.2, 0) is 4.79 Å². The van der Waals surface area contributed by atoms with Gasteiger partial charge in [-0.25, -0.2) is 0 Å². The summed E-state index contributed by atoms with van der Waals surface area (Å²) in [5.41, 5.74) is 4.62. The van der Waals surface area contributed by atoms with Crippen molar-refractivity contribution in [2.45, 2.75) is 31.9 Å². The number of nitrogens with one attached hydrogen (secondary N) is 1. The molecule has 0 aromatic carbocycles. The second-order valence-corrected chi connectivity index (χ2v) is 4.47. The van der Waals surface area contributed by atoms with E-state index in [4.69, 9.17) is 5.73 Å². The molecule has 2 atom stereocenters. The van der Waals surface area contributed by atoms with E-state index in [0.29, 0.717) is 13.0 Å². The van der Waals surface area contributed by atoms with Crippen LogP contribution in [0.5, 0.6) is 0 Å². The Morgan fingerprint density at radius 1 is 1.60 bits per heavy atom. The highest BCUT2D eigenvalue weighted by Crippen LogP contribution is 2.02. The van der Waals surface area contributed by atoms with Crippen molar-refractivity contribution in [3.63, 3.8) is 0 Å². The summed E-state index contributed by atoms with van der Waals surface area (Å²) in [5, 5.41) is 12.5. The van der Waals surface area contributed by atoms with Crippen LogP contribution in [0.25, 0.3) is 0 Å². The highest BCUT2D eigenvalue weighted by Gasteiger charge is 2.23. The molecule has 90 valence electrons. The molecule has 0 heterocycles. The molecule has 0 aromatic rings. The molecule has 0 aromatic heterocycles. The molecule has 0 saturated carbocycles. The van der Waals surface area contributed by atoms with Crippen LogP contribution in [0.2, 0.25) is 0 Å². The first-order valence-corrected chi connectivity index (χ1v) is 5.19. The van der Waals surface area contributed by atoms with Crippen LogP contribution in [0.4, 0.5) is 0 Å². The average Bonchev–Trinajstić information content (AvgIpc) is 2.11. The maximum Gasteiger partial charge on any atom is 0.237 e. The Morgan fingerprint density at radius 2 is 2.13 bits per heavy atom. The lowest BCUT2D eigenvalue weighted by Crippen LogP contribution is -2.50. The number of amides is 1. The SMILES string of the molecule is CCC(N)C(=O)NCC(C)(O)CN(C)C. The van der Waals surface area contributed by atoms with Gasteiger partial charge in [-0.15, -0.1) is 0 Å². The molecule has 0 bridgehead atoms. The van der Waals surface area contributed by atoms with Crippen LogP contribution in [0.15, 0.2) is 0 Å². The molecule has 4 N–H and O–H groups in total. The number of rotatable bonds is 6. The number of nitrogens with zero attached hydrogens (tertiary/aromatic N) is 1. The first kappa shape index (κ1) is 14.3. The number of carbonyl (C=O) groups is 1. The smallest absolute Gasteiger partial charge is 0.237 e. The van der Waals surface area contributed by atoms with E-state index >= 15 is 0 Å². The van der Waals surface area contributed by atoms with E-state index in [0.717, 1.165) is 0 Å². The maximum absolute atomic E-state index is 11.3. The quantitative estimate of drug-likeness (QED) is 0.541. The summed E-state index contributed by atoms with van der Waals surface area (Å²) in [4.78, 5) is 13.2. The molecular weight excluding hydrogens is 194 g/mol. The van der Waals surface area contributed by atoms with Crippen molar-refractivity contribution in [3.8, 4) is 0 Å². The van der Waals surface area contributed by atoms with Crippen LogP contribution in [-0.4, -0.2) is 54.7 Å². The van der Waals surface area contributed by atoms with Gasteiger partial charge in [-0.05, 0) is 27.4 Å². The van der Waals surface area contributed by atoms with E-state index in [-0.39, 0.29) is 12.5 Å². The normalized spacial score (nSPS) is 17.3. The summed E-state index contributed by atoms with van der Waals surface area (Å²) < 4.78 is 0. The number of hydrogen-bond acceptors (Lipinski definition) is 4. The predicted molar refractivity (Wildman–Crippen MR) is 60.5 cm³/mol. The zero-order valence-electron chi connectivity index (χ0n) is 10.1. The third-order valence-corrected chi connectivity index (χ3v) is 2.08. The Labute approximate surface area is 91.6 Å². The number of hydrogen-bond donors (Lipinski definition) is 3. The second-order valence-electron chi connectivity index (χ2n) is 4.47. The Bertz CT molecular complexity index is 205. The zero-order valence-corrected chi connectivity index (χ0v) is 10.1. The van der Waals surface area contributed by atoms with Gasteiger partial charge in [0.05, 0.1) is 11.6 Å². The molecule has 0 rings (SSSR count). The third kappa shape index (κ3) is 6.43. The summed E-state index contributed by atoms with van der Waals surface area (Å²) in [6.45, 7) is 4.25. The van der Waals surface area contributed by atoms with E-state index in [9.17, 15) is 9.90 Å². The van der Waals surface area contributed by atoms with Gasteiger partial charge in [-0.3, -0.25) is 4.79 Å². The summed E-state index contributed by atoms with van der Waals surface area (Å²) >= 11 is 0. The molecule has 5 heteroatoms. The third-order valence-electron chi connectivity index (χ3n) is 2.08. The summed E-state index contributed by atoms with van der Waals surface area (Å²) in [7, 11) is 3.74. The van der Waals surface area contributed by atoms with Crippen LogP contribution in [0.3, 0.4) is 0 Å². The zero-order chi connectivity index (χ0) is 12.1. The number of carbonyl (C=O) groups excluding carboxylic acids is 1. The van der Waals surface area contributed by atoms with Gasteiger partial charge in [0.15, 0.2) is 0 Å². The Morgan fingerprint density at radius 3 is 2.53 bits per heavy atom. The second kappa shape index (κ2) is 6.05. The Hall–Kier alpha value is -0.650. The van der Waals surface area contributed by atoms with Crippen molar-refractivity contribution in [1.82, 2.24) is 10.2 Å². The van der Waals surface area contributed by atoms with Gasteiger partial charge in [0.2, 0.25) is 5.91 Å². The number of likely N-dealkylation sites (N-methyl/N-ethyl adjacent to an activating group) is 1. The molecule has 0 radical (unpaired) electrons. The van der Waals surface area contributed by atoms with Crippen molar-refractivity contribution >= 4 is 5.91 Å². The molecule has 0 saturated heterocycles. The fourth-order valence-electron chi connectivity index (χ4n) is 1.33. The maximum atomic E-state index is 11.3. The summed E-state index contributed by atoms with van der Waals surface area (Å²) in [6, 6.07) is -0.486. The standard InChI is InChI=1S/C10H23N3O2/c1-5-8(11)9(14)12-6-10(2,15)7-13(3)4/h8,15H,5-7,11H2,1-4H3,(H,12,14). The van der Waals surface area contributed by atoms with Crippen molar-refractivity contribution in [3.05, 3.63) is 0 Å². The Kier molecular flexibility index (Phi) is 5.79. The largest absolute Gasteiger partial charge is 0.387 e. The van der Waals surface area contributed by atoms with Gasteiger partial charge in [0.25, 0.3) is 0 Å². The van der Waals surface area contributed by atoms with Gasteiger partial charge in [-0.1, -0.05) is 6.92 Å². The van der Waals surface area contributed by atoms with E-state index < -0.39 is 11.6 Å². The van der Waals surface area contributed by atoms with E-state index in [1.165, 1.54) is 0 Å². The van der Waals surface area contributed by atoms with Gasteiger partial charge in [0.1, 0.15) is 0 Å². The molecular formula is C10H23N3O2. The topological polar surface area (TPSA) is 78.6 Å².